The monoisotopic (exact) mass is 403 g/mol. The third kappa shape index (κ3) is 5.19. The molecule has 2 heterocycles. The van der Waals surface area contributed by atoms with Gasteiger partial charge in [-0.15, -0.1) is 0 Å². The van der Waals surface area contributed by atoms with Gasteiger partial charge in [-0.2, -0.15) is 0 Å². The first-order valence-electron chi connectivity index (χ1n) is 10.2. The van der Waals surface area contributed by atoms with Crippen LogP contribution in [0.25, 0.3) is 0 Å². The van der Waals surface area contributed by atoms with Crippen molar-refractivity contribution in [1.82, 2.24) is 14.7 Å². The molecule has 2 fully saturated rings. The summed E-state index contributed by atoms with van der Waals surface area (Å²) in [6.45, 7) is 4.22. The number of benzene rings is 1. The number of piperidine rings is 1. The van der Waals surface area contributed by atoms with E-state index in [1.807, 2.05) is 36.1 Å². The molecule has 4 amide bonds. The number of nitrogens with zero attached hydrogens (tertiary/aromatic N) is 3. The number of carbonyl (C=O) groups is 3. The number of amides is 4. The standard InChI is InChI=1S/C21H29N3O5/c1-3-28-17-7-4-5-8-18(17)29-16-10-13-23(14-11-16)19(25)9-6-12-24-20(26)15-22(2)21(24)27/h4-5,7-8,16H,3,6,9-15H2,1-2H3. The zero-order valence-corrected chi connectivity index (χ0v) is 17.1. The summed E-state index contributed by atoms with van der Waals surface area (Å²) >= 11 is 0. The summed E-state index contributed by atoms with van der Waals surface area (Å²) < 4.78 is 11.7. The molecule has 0 unspecified atom stereocenters. The second kappa shape index (κ2) is 9.62. The lowest BCUT2D eigenvalue weighted by molar-refractivity contribution is -0.133. The quantitative estimate of drug-likeness (QED) is 0.622. The highest BCUT2D eigenvalue weighted by Crippen LogP contribution is 2.29. The van der Waals surface area contributed by atoms with Crippen molar-refractivity contribution in [2.75, 3.05) is 39.8 Å². The number of likely N-dealkylation sites (N-methyl/N-ethyl adjacent to an activating group) is 1. The number of carbonyl (C=O) groups excluding carboxylic acids is 3. The van der Waals surface area contributed by atoms with Gasteiger partial charge in [-0.25, -0.2) is 4.79 Å². The van der Waals surface area contributed by atoms with Crippen LogP contribution in [0.4, 0.5) is 4.79 Å². The highest BCUT2D eigenvalue weighted by Gasteiger charge is 2.33. The summed E-state index contributed by atoms with van der Waals surface area (Å²) in [4.78, 5) is 40.6. The average Bonchev–Trinajstić information content (AvgIpc) is 2.96. The van der Waals surface area contributed by atoms with Crippen LogP contribution in [0.2, 0.25) is 0 Å². The van der Waals surface area contributed by atoms with Crippen molar-refractivity contribution in [3.8, 4) is 11.5 Å². The fraction of sp³-hybridized carbons (Fsp3) is 0.571. The Morgan fingerprint density at radius 2 is 1.83 bits per heavy atom. The number of hydrogen-bond acceptors (Lipinski definition) is 5. The number of ether oxygens (including phenoxy) is 2. The minimum atomic E-state index is -0.284. The van der Waals surface area contributed by atoms with Crippen molar-refractivity contribution >= 4 is 17.8 Å². The smallest absolute Gasteiger partial charge is 0.326 e. The van der Waals surface area contributed by atoms with Crippen LogP contribution < -0.4 is 9.47 Å². The highest BCUT2D eigenvalue weighted by molar-refractivity contribution is 6.01. The van der Waals surface area contributed by atoms with E-state index in [4.69, 9.17) is 9.47 Å². The predicted molar refractivity (Wildman–Crippen MR) is 107 cm³/mol. The number of para-hydroxylation sites is 2. The number of likely N-dealkylation sites (tertiary alicyclic amines) is 1. The van der Waals surface area contributed by atoms with Gasteiger partial charge in [0.2, 0.25) is 11.8 Å². The maximum Gasteiger partial charge on any atom is 0.326 e. The van der Waals surface area contributed by atoms with E-state index in [1.54, 1.807) is 7.05 Å². The Hall–Kier alpha value is -2.77. The van der Waals surface area contributed by atoms with Crippen LogP contribution in [-0.2, 0) is 9.59 Å². The predicted octanol–water partition coefficient (Wildman–Crippen LogP) is 2.13. The van der Waals surface area contributed by atoms with Crippen LogP contribution in [0.1, 0.15) is 32.6 Å². The SMILES string of the molecule is CCOc1ccccc1OC1CCN(C(=O)CCCN2C(=O)CN(C)C2=O)CC1. The summed E-state index contributed by atoms with van der Waals surface area (Å²) in [5.41, 5.74) is 0. The van der Waals surface area contributed by atoms with Crippen molar-refractivity contribution in [1.29, 1.82) is 0 Å². The van der Waals surface area contributed by atoms with E-state index in [0.29, 0.717) is 39.1 Å². The van der Waals surface area contributed by atoms with Gasteiger partial charge in [0.1, 0.15) is 12.6 Å². The molecule has 0 atom stereocenters. The van der Waals surface area contributed by atoms with E-state index in [-0.39, 0.29) is 30.5 Å². The fourth-order valence-corrected chi connectivity index (χ4v) is 3.66. The molecule has 8 nitrogen and oxygen atoms in total. The van der Waals surface area contributed by atoms with Gasteiger partial charge >= 0.3 is 6.03 Å². The third-order valence-electron chi connectivity index (χ3n) is 5.24. The number of hydrogen-bond donors (Lipinski definition) is 0. The first-order valence-corrected chi connectivity index (χ1v) is 10.2. The normalized spacial score (nSPS) is 17.8. The van der Waals surface area contributed by atoms with Gasteiger partial charge in [0.25, 0.3) is 0 Å². The highest BCUT2D eigenvalue weighted by atomic mass is 16.5. The lowest BCUT2D eigenvalue weighted by Gasteiger charge is -2.32. The van der Waals surface area contributed by atoms with Crippen LogP contribution in [-0.4, -0.2) is 78.5 Å². The molecule has 0 spiro atoms. The van der Waals surface area contributed by atoms with Crippen molar-refractivity contribution in [2.45, 2.75) is 38.7 Å². The summed E-state index contributed by atoms with van der Waals surface area (Å²) in [5, 5.41) is 0. The van der Waals surface area contributed by atoms with Gasteiger partial charge in [0.05, 0.1) is 6.61 Å². The van der Waals surface area contributed by atoms with Gasteiger partial charge < -0.3 is 19.3 Å². The lowest BCUT2D eigenvalue weighted by atomic mass is 10.1. The van der Waals surface area contributed by atoms with Gasteiger partial charge in [0, 0.05) is 45.9 Å². The molecule has 0 radical (unpaired) electrons. The van der Waals surface area contributed by atoms with Crippen molar-refractivity contribution in [3.05, 3.63) is 24.3 Å². The molecule has 0 bridgehead atoms. The zero-order chi connectivity index (χ0) is 20.8. The van der Waals surface area contributed by atoms with Crippen molar-refractivity contribution < 1.29 is 23.9 Å². The topological polar surface area (TPSA) is 79.4 Å². The first-order chi connectivity index (χ1) is 14.0. The van der Waals surface area contributed by atoms with E-state index in [1.165, 1.54) is 9.80 Å². The van der Waals surface area contributed by atoms with Gasteiger partial charge in [-0.3, -0.25) is 14.5 Å². The molecule has 0 aliphatic carbocycles. The van der Waals surface area contributed by atoms with E-state index < -0.39 is 0 Å². The molecule has 158 valence electrons. The molecule has 2 aliphatic rings. The molecular formula is C21H29N3O5. The Morgan fingerprint density at radius 3 is 2.45 bits per heavy atom. The maximum absolute atomic E-state index is 12.5. The van der Waals surface area contributed by atoms with Crippen LogP contribution in [0.15, 0.2) is 24.3 Å². The number of rotatable bonds is 8. The Bertz CT molecular complexity index is 746. The number of urea groups is 1. The molecule has 1 aromatic carbocycles. The molecule has 2 aliphatic heterocycles. The lowest BCUT2D eigenvalue weighted by Crippen LogP contribution is -2.42. The van der Waals surface area contributed by atoms with E-state index >= 15 is 0 Å². The Morgan fingerprint density at radius 1 is 1.14 bits per heavy atom. The van der Waals surface area contributed by atoms with Crippen LogP contribution in [0, 0.1) is 0 Å². The summed E-state index contributed by atoms with van der Waals surface area (Å²) in [7, 11) is 1.60. The number of imide groups is 1. The fourth-order valence-electron chi connectivity index (χ4n) is 3.66. The van der Waals surface area contributed by atoms with Crippen molar-refractivity contribution in [3.63, 3.8) is 0 Å². The van der Waals surface area contributed by atoms with E-state index in [0.717, 1.165) is 24.3 Å². The zero-order valence-electron chi connectivity index (χ0n) is 17.1. The first kappa shape index (κ1) is 21.0. The van der Waals surface area contributed by atoms with Gasteiger partial charge in [-0.1, -0.05) is 12.1 Å². The second-order valence-corrected chi connectivity index (χ2v) is 7.37. The molecule has 1 aromatic rings. The Balaban J connectivity index is 1.41. The third-order valence-corrected chi connectivity index (χ3v) is 5.24. The van der Waals surface area contributed by atoms with Crippen LogP contribution in [0.5, 0.6) is 11.5 Å². The van der Waals surface area contributed by atoms with Crippen LogP contribution >= 0.6 is 0 Å². The molecule has 2 saturated heterocycles. The minimum absolute atomic E-state index is 0.0519. The van der Waals surface area contributed by atoms with Gasteiger partial charge in [0.15, 0.2) is 11.5 Å². The molecular weight excluding hydrogens is 374 g/mol. The molecule has 0 N–H and O–H groups in total. The summed E-state index contributed by atoms with van der Waals surface area (Å²) in [5.74, 6) is 1.34. The molecule has 8 heteroatoms. The van der Waals surface area contributed by atoms with Gasteiger partial charge in [-0.05, 0) is 25.5 Å². The van der Waals surface area contributed by atoms with E-state index in [9.17, 15) is 14.4 Å². The second-order valence-electron chi connectivity index (χ2n) is 7.37. The Labute approximate surface area is 171 Å². The summed E-state index contributed by atoms with van der Waals surface area (Å²) in [6, 6.07) is 7.35. The Kier molecular flexibility index (Phi) is 6.95. The molecule has 29 heavy (non-hydrogen) atoms. The maximum atomic E-state index is 12.5. The minimum Gasteiger partial charge on any atom is -0.490 e. The van der Waals surface area contributed by atoms with E-state index in [2.05, 4.69) is 0 Å². The molecule has 0 aromatic heterocycles. The largest absolute Gasteiger partial charge is 0.490 e. The molecule has 0 saturated carbocycles. The van der Waals surface area contributed by atoms with Crippen LogP contribution in [0.3, 0.4) is 0 Å². The summed E-state index contributed by atoms with van der Waals surface area (Å²) in [6.07, 6.45) is 2.40. The van der Waals surface area contributed by atoms with Crippen molar-refractivity contribution in [2.24, 2.45) is 0 Å². The average molecular weight is 403 g/mol. The molecule has 3 rings (SSSR count).